The second-order valence-corrected chi connectivity index (χ2v) is 5.29. The molecule has 0 fully saturated rings. The van der Waals surface area contributed by atoms with E-state index in [1.54, 1.807) is 0 Å². The summed E-state index contributed by atoms with van der Waals surface area (Å²) in [5.41, 5.74) is 1.17. The average Bonchev–Trinajstić information content (AvgIpc) is 2.47. The van der Waals surface area contributed by atoms with Gasteiger partial charge in [-0.1, -0.05) is 19.9 Å². The van der Waals surface area contributed by atoms with Crippen LogP contribution < -0.4 is 9.47 Å². The lowest BCUT2D eigenvalue weighted by Crippen LogP contribution is -2.18. The van der Waals surface area contributed by atoms with Gasteiger partial charge in [0.05, 0.1) is 0 Å². The molecule has 0 aliphatic rings. The fraction of sp³-hybridized carbons (Fsp3) is 0.667. The third kappa shape index (κ3) is 5.85. The van der Waals surface area contributed by atoms with Crippen molar-refractivity contribution in [3.8, 4) is 11.5 Å². The molecule has 0 radical (unpaired) electrons. The Hall–Kier alpha value is -1.26. The Balaban J connectivity index is 2.94. The lowest BCUT2D eigenvalue weighted by Gasteiger charge is -2.21. The zero-order valence-corrected chi connectivity index (χ0v) is 14.7. The van der Waals surface area contributed by atoms with Crippen LogP contribution in [0.2, 0.25) is 0 Å². The third-order valence-electron chi connectivity index (χ3n) is 3.53. The highest BCUT2D eigenvalue weighted by Crippen LogP contribution is 2.33. The van der Waals surface area contributed by atoms with Crippen LogP contribution in [0, 0.1) is 0 Å². The Labute approximate surface area is 134 Å². The lowest BCUT2D eigenvalue weighted by atomic mass is 9.97. The van der Waals surface area contributed by atoms with E-state index in [0.717, 1.165) is 17.9 Å². The summed E-state index contributed by atoms with van der Waals surface area (Å²) < 4.78 is 22.6. The van der Waals surface area contributed by atoms with Crippen LogP contribution in [-0.4, -0.2) is 25.8 Å². The van der Waals surface area contributed by atoms with Crippen LogP contribution in [0.4, 0.5) is 0 Å². The number of hydrogen-bond donors (Lipinski definition) is 0. The molecule has 0 saturated carbocycles. The van der Waals surface area contributed by atoms with E-state index in [-0.39, 0.29) is 12.6 Å². The van der Waals surface area contributed by atoms with Crippen molar-refractivity contribution >= 4 is 0 Å². The molecule has 4 heteroatoms. The third-order valence-corrected chi connectivity index (χ3v) is 3.53. The van der Waals surface area contributed by atoms with Crippen LogP contribution in [0.5, 0.6) is 11.5 Å². The molecule has 0 N–H and O–H groups in total. The summed E-state index contributed by atoms with van der Waals surface area (Å²) >= 11 is 0. The van der Waals surface area contributed by atoms with Crippen LogP contribution in [-0.2, 0) is 9.47 Å². The van der Waals surface area contributed by atoms with Gasteiger partial charge in [-0.05, 0) is 51.7 Å². The molecule has 0 aliphatic carbocycles. The highest BCUT2D eigenvalue weighted by atomic mass is 16.7. The number of benzene rings is 1. The van der Waals surface area contributed by atoms with Crippen LogP contribution in [0.3, 0.4) is 0 Å². The van der Waals surface area contributed by atoms with E-state index in [1.807, 2.05) is 39.8 Å². The van der Waals surface area contributed by atoms with Gasteiger partial charge in [0.15, 0.2) is 12.6 Å². The lowest BCUT2D eigenvalue weighted by molar-refractivity contribution is -0.0653. The van der Waals surface area contributed by atoms with E-state index in [2.05, 4.69) is 19.9 Å². The average molecular weight is 310 g/mol. The van der Waals surface area contributed by atoms with E-state index in [0.29, 0.717) is 19.1 Å². The minimum Gasteiger partial charge on any atom is -0.465 e. The van der Waals surface area contributed by atoms with Gasteiger partial charge in [-0.3, -0.25) is 0 Å². The smallest absolute Gasteiger partial charge is 0.196 e. The van der Waals surface area contributed by atoms with Crippen LogP contribution in [0.25, 0.3) is 0 Å². The molecule has 0 heterocycles. The summed E-state index contributed by atoms with van der Waals surface area (Å²) in [6, 6.07) is 5.96. The molecule has 3 unspecified atom stereocenters. The van der Waals surface area contributed by atoms with Gasteiger partial charge in [-0.2, -0.15) is 0 Å². The maximum atomic E-state index is 5.95. The molecule has 4 nitrogen and oxygen atoms in total. The molecule has 1 aromatic carbocycles. The Morgan fingerprint density at radius 1 is 0.864 bits per heavy atom. The standard InChI is InChI=1S/C18H30O4/c1-7-13(4)17-11-10-16(21-14(5)19-8-2)12-18(17)22-15(6)20-9-3/h10-15H,7-9H2,1-6H3. The Morgan fingerprint density at radius 2 is 1.45 bits per heavy atom. The van der Waals surface area contributed by atoms with Crippen molar-refractivity contribution in [2.75, 3.05) is 13.2 Å². The molecule has 3 atom stereocenters. The summed E-state index contributed by atoms with van der Waals surface area (Å²) in [4.78, 5) is 0. The zero-order chi connectivity index (χ0) is 16.5. The quantitative estimate of drug-likeness (QED) is 0.586. The SMILES string of the molecule is CCOC(C)Oc1ccc(C(C)CC)c(OC(C)OCC)c1. The molecule has 126 valence electrons. The van der Waals surface area contributed by atoms with E-state index in [9.17, 15) is 0 Å². The Morgan fingerprint density at radius 3 is 2.00 bits per heavy atom. The van der Waals surface area contributed by atoms with Crippen LogP contribution in [0.1, 0.15) is 59.4 Å². The second-order valence-electron chi connectivity index (χ2n) is 5.29. The van der Waals surface area contributed by atoms with Gasteiger partial charge in [0, 0.05) is 19.3 Å². The first-order valence-corrected chi connectivity index (χ1v) is 8.22. The van der Waals surface area contributed by atoms with E-state index in [1.165, 1.54) is 5.56 Å². The molecule has 0 spiro atoms. The molecule has 1 aromatic rings. The first kappa shape index (κ1) is 18.8. The van der Waals surface area contributed by atoms with Gasteiger partial charge in [0.2, 0.25) is 0 Å². The summed E-state index contributed by atoms with van der Waals surface area (Å²) in [5, 5.41) is 0. The van der Waals surface area contributed by atoms with E-state index < -0.39 is 0 Å². The molecule has 22 heavy (non-hydrogen) atoms. The molecule has 0 amide bonds. The fourth-order valence-electron chi connectivity index (χ4n) is 2.22. The van der Waals surface area contributed by atoms with E-state index in [4.69, 9.17) is 18.9 Å². The maximum Gasteiger partial charge on any atom is 0.196 e. The van der Waals surface area contributed by atoms with Crippen LogP contribution >= 0.6 is 0 Å². The molecule has 0 saturated heterocycles. The first-order valence-electron chi connectivity index (χ1n) is 8.22. The van der Waals surface area contributed by atoms with Crippen LogP contribution in [0.15, 0.2) is 18.2 Å². The van der Waals surface area contributed by atoms with Crippen molar-refractivity contribution in [1.82, 2.24) is 0 Å². The van der Waals surface area contributed by atoms with Gasteiger partial charge in [0.25, 0.3) is 0 Å². The topological polar surface area (TPSA) is 36.9 Å². The predicted molar refractivity (Wildman–Crippen MR) is 88.6 cm³/mol. The molecule has 0 aliphatic heterocycles. The van der Waals surface area contributed by atoms with Gasteiger partial charge in [-0.25, -0.2) is 0 Å². The molecule has 1 rings (SSSR count). The van der Waals surface area contributed by atoms with Gasteiger partial charge >= 0.3 is 0 Å². The molecule has 0 bridgehead atoms. The van der Waals surface area contributed by atoms with Crippen molar-refractivity contribution in [2.45, 2.75) is 66.5 Å². The summed E-state index contributed by atoms with van der Waals surface area (Å²) in [6.45, 7) is 13.3. The highest BCUT2D eigenvalue weighted by molar-refractivity contribution is 5.42. The van der Waals surface area contributed by atoms with Gasteiger partial charge < -0.3 is 18.9 Å². The zero-order valence-electron chi connectivity index (χ0n) is 14.7. The van der Waals surface area contributed by atoms with Crippen molar-refractivity contribution < 1.29 is 18.9 Å². The van der Waals surface area contributed by atoms with E-state index >= 15 is 0 Å². The fourth-order valence-corrected chi connectivity index (χ4v) is 2.22. The number of ether oxygens (including phenoxy) is 4. The number of hydrogen-bond acceptors (Lipinski definition) is 4. The van der Waals surface area contributed by atoms with Crippen molar-refractivity contribution in [2.24, 2.45) is 0 Å². The second kappa shape index (κ2) is 9.70. The number of rotatable bonds is 10. The summed E-state index contributed by atoms with van der Waals surface area (Å²) in [6.07, 6.45) is 0.485. The minimum atomic E-state index is -0.285. The largest absolute Gasteiger partial charge is 0.465 e. The summed E-state index contributed by atoms with van der Waals surface area (Å²) in [5.74, 6) is 1.98. The van der Waals surface area contributed by atoms with Crippen molar-refractivity contribution in [3.63, 3.8) is 0 Å². The molecular weight excluding hydrogens is 280 g/mol. The predicted octanol–water partition coefficient (Wildman–Crippen LogP) is 4.72. The summed E-state index contributed by atoms with van der Waals surface area (Å²) in [7, 11) is 0. The maximum absolute atomic E-state index is 5.95. The monoisotopic (exact) mass is 310 g/mol. The van der Waals surface area contributed by atoms with Crippen molar-refractivity contribution in [3.05, 3.63) is 23.8 Å². The molecule has 0 aromatic heterocycles. The first-order chi connectivity index (χ1) is 10.5. The minimum absolute atomic E-state index is 0.281. The normalized spacial score (nSPS) is 15.2. The highest BCUT2D eigenvalue weighted by Gasteiger charge is 2.15. The molecular formula is C18H30O4. The van der Waals surface area contributed by atoms with Crippen molar-refractivity contribution in [1.29, 1.82) is 0 Å². The Bertz CT molecular complexity index is 433. The Kier molecular flexibility index (Phi) is 8.28. The van der Waals surface area contributed by atoms with Gasteiger partial charge in [-0.15, -0.1) is 0 Å². The van der Waals surface area contributed by atoms with Gasteiger partial charge in [0.1, 0.15) is 11.5 Å².